The molecule has 1 N–H and O–H groups in total. The molecule has 3 heteroatoms. The molecule has 2 aromatic rings. The van der Waals surface area contributed by atoms with Crippen molar-refractivity contribution in [3.05, 3.63) is 29.3 Å². The number of benzene rings is 1. The van der Waals surface area contributed by atoms with Gasteiger partial charge in [-0.05, 0) is 36.8 Å². The number of para-hydroxylation sites is 1. The summed E-state index contributed by atoms with van der Waals surface area (Å²) in [6.07, 6.45) is 3.02. The van der Waals surface area contributed by atoms with Gasteiger partial charge in [0.2, 0.25) is 0 Å². The topological polar surface area (TPSA) is 33.1 Å². The molecule has 1 aromatic heterocycles. The first-order valence-corrected chi connectivity index (χ1v) is 7.08. The van der Waals surface area contributed by atoms with Crippen molar-refractivity contribution in [1.29, 1.82) is 0 Å². The van der Waals surface area contributed by atoms with Crippen LogP contribution in [0, 0.1) is 11.8 Å². The van der Waals surface area contributed by atoms with E-state index in [1.807, 2.05) is 6.07 Å². The maximum absolute atomic E-state index is 9.77. The number of aliphatic hydroxyl groups is 1. The zero-order chi connectivity index (χ0) is 11.8. The van der Waals surface area contributed by atoms with Gasteiger partial charge in [0.15, 0.2) is 0 Å². The molecule has 1 aromatic carbocycles. The summed E-state index contributed by atoms with van der Waals surface area (Å²) < 4.78 is 1.27. The molecule has 0 aliphatic heterocycles. The Hall–Kier alpha value is -0.930. The second kappa shape index (κ2) is 4.39. The van der Waals surface area contributed by atoms with Gasteiger partial charge in [-0.25, -0.2) is 4.98 Å². The minimum atomic E-state index is -0.102. The highest BCUT2D eigenvalue weighted by molar-refractivity contribution is 7.18. The molecule has 1 fully saturated rings. The normalized spacial score (nSPS) is 28.9. The lowest BCUT2D eigenvalue weighted by Crippen LogP contribution is -2.16. The van der Waals surface area contributed by atoms with Gasteiger partial charge >= 0.3 is 0 Å². The molecule has 17 heavy (non-hydrogen) atoms. The van der Waals surface area contributed by atoms with E-state index in [0.29, 0.717) is 11.8 Å². The molecule has 0 radical (unpaired) electrons. The number of nitrogens with zero attached hydrogens (tertiary/aromatic N) is 1. The third kappa shape index (κ3) is 2.09. The summed E-state index contributed by atoms with van der Waals surface area (Å²) in [5, 5.41) is 11.0. The van der Waals surface area contributed by atoms with Gasteiger partial charge in [-0.15, -0.1) is 11.3 Å². The molecule has 1 aliphatic rings. The Balaban J connectivity index is 1.81. The molecule has 90 valence electrons. The van der Waals surface area contributed by atoms with Crippen LogP contribution in [0.1, 0.15) is 24.8 Å². The number of fused-ring (bicyclic) bond motifs is 1. The van der Waals surface area contributed by atoms with Gasteiger partial charge in [-0.1, -0.05) is 19.1 Å². The zero-order valence-corrected chi connectivity index (χ0v) is 10.8. The second-order valence-corrected chi connectivity index (χ2v) is 6.16. The summed E-state index contributed by atoms with van der Waals surface area (Å²) in [4.78, 5) is 4.67. The Morgan fingerprint density at radius 3 is 2.88 bits per heavy atom. The molecule has 3 atom stereocenters. The van der Waals surface area contributed by atoms with Gasteiger partial charge in [0, 0.05) is 6.42 Å². The zero-order valence-electron chi connectivity index (χ0n) is 9.97. The number of rotatable bonds is 2. The number of aromatic nitrogens is 1. The monoisotopic (exact) mass is 247 g/mol. The Kier molecular flexibility index (Phi) is 2.89. The van der Waals surface area contributed by atoms with Crippen LogP contribution in [-0.2, 0) is 6.42 Å². The standard InChI is InChI=1S/C14H17NOS/c1-9-10(6-7-12(9)16)8-14-15-11-4-2-3-5-13(11)17-14/h2-5,9-10,12,16H,6-8H2,1H3. The third-order valence-corrected chi connectivity index (χ3v) is 5.02. The molecule has 0 spiro atoms. The van der Waals surface area contributed by atoms with Crippen molar-refractivity contribution < 1.29 is 5.11 Å². The van der Waals surface area contributed by atoms with E-state index in [2.05, 4.69) is 30.1 Å². The Labute approximate surface area is 105 Å². The van der Waals surface area contributed by atoms with Crippen LogP contribution in [0.15, 0.2) is 24.3 Å². The van der Waals surface area contributed by atoms with Gasteiger partial charge < -0.3 is 5.11 Å². The molecule has 0 bridgehead atoms. The Morgan fingerprint density at radius 1 is 1.35 bits per heavy atom. The van der Waals surface area contributed by atoms with E-state index in [9.17, 15) is 5.11 Å². The SMILES string of the molecule is CC1C(O)CCC1Cc1nc2ccccc2s1. The lowest BCUT2D eigenvalue weighted by Gasteiger charge is -2.15. The number of hydrogen-bond donors (Lipinski definition) is 1. The van der Waals surface area contributed by atoms with Gasteiger partial charge in [0.1, 0.15) is 0 Å². The fourth-order valence-electron chi connectivity index (χ4n) is 2.74. The minimum absolute atomic E-state index is 0.102. The molecule has 0 saturated heterocycles. The van der Waals surface area contributed by atoms with E-state index in [4.69, 9.17) is 0 Å². The molecule has 3 unspecified atom stereocenters. The Bertz CT molecular complexity index is 489. The molecule has 2 nitrogen and oxygen atoms in total. The highest BCUT2D eigenvalue weighted by atomic mass is 32.1. The quantitative estimate of drug-likeness (QED) is 0.883. The van der Waals surface area contributed by atoms with Gasteiger partial charge in [0.05, 0.1) is 21.3 Å². The summed E-state index contributed by atoms with van der Waals surface area (Å²) in [6, 6.07) is 8.30. The van der Waals surface area contributed by atoms with Crippen LogP contribution in [0.25, 0.3) is 10.2 Å². The smallest absolute Gasteiger partial charge is 0.0941 e. The van der Waals surface area contributed by atoms with Crippen LogP contribution in [0.5, 0.6) is 0 Å². The van der Waals surface area contributed by atoms with Gasteiger partial charge in [-0.3, -0.25) is 0 Å². The van der Waals surface area contributed by atoms with E-state index in [1.165, 1.54) is 9.71 Å². The largest absolute Gasteiger partial charge is 0.393 e. The van der Waals surface area contributed by atoms with Gasteiger partial charge in [0.25, 0.3) is 0 Å². The number of hydrogen-bond acceptors (Lipinski definition) is 3. The van der Waals surface area contributed by atoms with Crippen molar-refractivity contribution in [3.8, 4) is 0 Å². The number of aliphatic hydroxyl groups excluding tert-OH is 1. The predicted octanol–water partition coefficient (Wildman–Crippen LogP) is 3.25. The molecule has 1 heterocycles. The van der Waals surface area contributed by atoms with Crippen LogP contribution >= 0.6 is 11.3 Å². The van der Waals surface area contributed by atoms with E-state index in [0.717, 1.165) is 24.8 Å². The van der Waals surface area contributed by atoms with Crippen LogP contribution in [0.3, 0.4) is 0 Å². The molecule has 1 saturated carbocycles. The third-order valence-electron chi connectivity index (χ3n) is 3.96. The maximum Gasteiger partial charge on any atom is 0.0941 e. The summed E-state index contributed by atoms with van der Waals surface area (Å²) >= 11 is 1.79. The Morgan fingerprint density at radius 2 is 2.18 bits per heavy atom. The summed E-state index contributed by atoms with van der Waals surface area (Å²) in [5.74, 6) is 1.02. The van der Waals surface area contributed by atoms with E-state index in [1.54, 1.807) is 11.3 Å². The highest BCUT2D eigenvalue weighted by Gasteiger charge is 2.31. The van der Waals surface area contributed by atoms with Gasteiger partial charge in [-0.2, -0.15) is 0 Å². The lowest BCUT2D eigenvalue weighted by atomic mass is 9.94. The average Bonchev–Trinajstić information content (AvgIpc) is 2.87. The summed E-state index contributed by atoms with van der Waals surface area (Å²) in [7, 11) is 0. The average molecular weight is 247 g/mol. The summed E-state index contributed by atoms with van der Waals surface area (Å²) in [5.41, 5.74) is 1.11. The maximum atomic E-state index is 9.77. The van der Waals surface area contributed by atoms with Crippen LogP contribution in [0.2, 0.25) is 0 Å². The van der Waals surface area contributed by atoms with Crippen LogP contribution in [0.4, 0.5) is 0 Å². The lowest BCUT2D eigenvalue weighted by molar-refractivity contribution is 0.127. The van der Waals surface area contributed by atoms with Crippen LogP contribution < -0.4 is 0 Å². The fraction of sp³-hybridized carbons (Fsp3) is 0.500. The molecular formula is C14H17NOS. The van der Waals surface area contributed by atoms with Crippen molar-refractivity contribution >= 4 is 21.6 Å². The van der Waals surface area contributed by atoms with Crippen molar-refractivity contribution in [1.82, 2.24) is 4.98 Å². The molecule has 3 rings (SSSR count). The highest BCUT2D eigenvalue weighted by Crippen LogP contribution is 2.35. The first-order valence-electron chi connectivity index (χ1n) is 6.26. The van der Waals surface area contributed by atoms with Crippen molar-refractivity contribution in [3.63, 3.8) is 0 Å². The van der Waals surface area contributed by atoms with Crippen LogP contribution in [-0.4, -0.2) is 16.2 Å². The van der Waals surface area contributed by atoms with E-state index in [-0.39, 0.29) is 6.10 Å². The molecule has 1 aliphatic carbocycles. The fourth-order valence-corrected chi connectivity index (χ4v) is 3.80. The molecular weight excluding hydrogens is 230 g/mol. The predicted molar refractivity (Wildman–Crippen MR) is 71.2 cm³/mol. The molecule has 0 amide bonds. The van der Waals surface area contributed by atoms with E-state index >= 15 is 0 Å². The van der Waals surface area contributed by atoms with Crippen molar-refractivity contribution in [2.45, 2.75) is 32.3 Å². The van der Waals surface area contributed by atoms with E-state index < -0.39 is 0 Å². The van der Waals surface area contributed by atoms with Crippen molar-refractivity contribution in [2.24, 2.45) is 11.8 Å². The second-order valence-electron chi connectivity index (χ2n) is 5.04. The number of thiazole rings is 1. The first kappa shape index (κ1) is 11.2. The van der Waals surface area contributed by atoms with Crippen molar-refractivity contribution in [2.75, 3.05) is 0 Å². The summed E-state index contributed by atoms with van der Waals surface area (Å²) in [6.45, 7) is 2.16. The minimum Gasteiger partial charge on any atom is -0.393 e. The first-order chi connectivity index (χ1) is 8.24.